The molecule has 35 heavy (non-hydrogen) atoms. The highest BCUT2D eigenvalue weighted by Crippen LogP contribution is 2.41. The zero-order valence-electron chi connectivity index (χ0n) is 20.8. The number of nitrogens with zero attached hydrogens (tertiary/aromatic N) is 3. The van der Waals surface area contributed by atoms with Crippen LogP contribution in [0.1, 0.15) is 0 Å². The summed E-state index contributed by atoms with van der Waals surface area (Å²) < 4.78 is 10.7. The minimum absolute atomic E-state index is 0. The zero-order chi connectivity index (χ0) is 24.4. The number of H-pyrrole nitrogens is 1. The Bertz CT molecular complexity index is 1190. The third-order valence-corrected chi connectivity index (χ3v) is 5.79. The molecule has 0 aliphatic rings. The Labute approximate surface area is 212 Å². The summed E-state index contributed by atoms with van der Waals surface area (Å²) in [5.74, 6) is 1.24. The van der Waals surface area contributed by atoms with Crippen LogP contribution in [0.25, 0.3) is 33.9 Å². The number of aromatic amines is 1. The molecule has 7 nitrogen and oxygen atoms in total. The Kier molecular flexibility index (Phi) is 7.82. The molecule has 0 saturated heterocycles. The van der Waals surface area contributed by atoms with Crippen molar-refractivity contribution in [3.05, 3.63) is 60.7 Å². The molecule has 1 heterocycles. The molecule has 0 fully saturated rings. The summed E-state index contributed by atoms with van der Waals surface area (Å²) in [6, 6.07) is 20.1. The minimum atomic E-state index is -0.0423. The average Bonchev–Trinajstić information content (AvgIpc) is 3.30. The molecular formula is C27H31ClN4O3. The maximum atomic E-state index is 10.3. The number of benzene rings is 3. The fraction of sp³-hybridized carbons (Fsp3) is 0.222. The van der Waals surface area contributed by atoms with Gasteiger partial charge >= 0.3 is 0 Å². The molecule has 0 bridgehead atoms. The molecule has 2 N–H and O–H groups in total. The molecule has 8 heteroatoms. The number of halogens is 1. The molecule has 0 radical (unpaired) electrons. The predicted octanol–water partition coefficient (Wildman–Crippen LogP) is 5.69. The first-order valence-electron chi connectivity index (χ1n) is 10.9. The van der Waals surface area contributed by atoms with Crippen LogP contribution in [0.4, 0.5) is 11.4 Å². The van der Waals surface area contributed by atoms with E-state index in [-0.39, 0.29) is 18.2 Å². The maximum Gasteiger partial charge on any atom is 0.200 e. The topological polar surface area (TPSA) is 73.9 Å². The summed E-state index contributed by atoms with van der Waals surface area (Å²) in [7, 11) is 11.1. The molecule has 184 valence electrons. The standard InChI is InChI=1S/C27H30N4O3.ClH/c1-30(2)20-11-7-17(8-12-20)24-25(18-9-13-21(14-10-18)31(3)4)29-27(28-24)19-15-22(33-5)26(32)23(16-19)34-6;/h7-16,32H,1-6H3,(H,28,29);1H. The monoisotopic (exact) mass is 494 g/mol. The van der Waals surface area contributed by atoms with Crippen molar-refractivity contribution in [3.63, 3.8) is 0 Å². The van der Waals surface area contributed by atoms with E-state index in [9.17, 15) is 5.11 Å². The van der Waals surface area contributed by atoms with Gasteiger partial charge in [-0.2, -0.15) is 0 Å². The maximum absolute atomic E-state index is 10.3. The highest BCUT2D eigenvalue weighted by atomic mass is 35.5. The van der Waals surface area contributed by atoms with Gasteiger partial charge < -0.3 is 29.4 Å². The number of imidazole rings is 1. The Hall–Kier alpha value is -3.84. The Morgan fingerprint density at radius 1 is 0.714 bits per heavy atom. The molecule has 3 aromatic carbocycles. The fourth-order valence-corrected chi connectivity index (χ4v) is 3.80. The summed E-state index contributed by atoms with van der Waals surface area (Å²) in [6.07, 6.45) is 0. The van der Waals surface area contributed by atoms with Gasteiger partial charge in [-0.15, -0.1) is 12.4 Å². The first kappa shape index (κ1) is 25.8. The van der Waals surface area contributed by atoms with Crippen molar-refractivity contribution in [2.45, 2.75) is 0 Å². The van der Waals surface area contributed by atoms with Crippen molar-refractivity contribution in [1.29, 1.82) is 0 Å². The van der Waals surface area contributed by atoms with Crippen LogP contribution < -0.4 is 19.3 Å². The first-order chi connectivity index (χ1) is 16.3. The van der Waals surface area contributed by atoms with Gasteiger partial charge in [-0.25, -0.2) is 4.98 Å². The highest BCUT2D eigenvalue weighted by Gasteiger charge is 2.19. The van der Waals surface area contributed by atoms with Crippen LogP contribution in [0.3, 0.4) is 0 Å². The second kappa shape index (κ2) is 10.6. The second-order valence-corrected chi connectivity index (χ2v) is 8.42. The first-order valence-corrected chi connectivity index (χ1v) is 10.9. The van der Waals surface area contributed by atoms with Crippen LogP contribution in [0, 0.1) is 0 Å². The van der Waals surface area contributed by atoms with Gasteiger partial charge in [0.25, 0.3) is 0 Å². The van der Waals surface area contributed by atoms with E-state index in [1.165, 1.54) is 14.2 Å². The van der Waals surface area contributed by atoms with Gasteiger partial charge in [0.15, 0.2) is 11.5 Å². The van der Waals surface area contributed by atoms with Crippen LogP contribution in [0.15, 0.2) is 60.7 Å². The van der Waals surface area contributed by atoms with Crippen molar-refractivity contribution < 1.29 is 14.6 Å². The van der Waals surface area contributed by atoms with Crippen molar-refractivity contribution in [1.82, 2.24) is 9.97 Å². The molecule has 0 aliphatic heterocycles. The Morgan fingerprint density at radius 3 is 1.60 bits per heavy atom. The predicted molar refractivity (Wildman–Crippen MR) is 146 cm³/mol. The number of rotatable bonds is 7. The molecule has 0 saturated carbocycles. The van der Waals surface area contributed by atoms with Gasteiger partial charge in [-0.1, -0.05) is 24.3 Å². The minimum Gasteiger partial charge on any atom is -0.502 e. The van der Waals surface area contributed by atoms with Gasteiger partial charge in [-0.05, 0) is 36.4 Å². The van der Waals surface area contributed by atoms with Crippen LogP contribution >= 0.6 is 12.4 Å². The molecule has 1 aromatic heterocycles. The van der Waals surface area contributed by atoms with E-state index >= 15 is 0 Å². The van der Waals surface area contributed by atoms with Crippen molar-refractivity contribution in [2.24, 2.45) is 0 Å². The van der Waals surface area contributed by atoms with Crippen LogP contribution in [-0.2, 0) is 0 Å². The second-order valence-electron chi connectivity index (χ2n) is 8.42. The lowest BCUT2D eigenvalue weighted by atomic mass is 10.0. The van der Waals surface area contributed by atoms with E-state index in [1.807, 2.05) is 28.2 Å². The van der Waals surface area contributed by atoms with E-state index in [0.717, 1.165) is 39.5 Å². The number of hydrogen-bond donors (Lipinski definition) is 2. The number of nitrogens with one attached hydrogen (secondary N) is 1. The SMILES string of the molecule is COc1cc(-c2nc(-c3ccc(N(C)C)cc3)c(-c3ccc(N(C)C)cc3)[nH]2)cc(OC)c1O.Cl. The number of ether oxygens (including phenoxy) is 2. The van der Waals surface area contributed by atoms with E-state index < -0.39 is 0 Å². The Morgan fingerprint density at radius 2 is 1.17 bits per heavy atom. The number of phenols is 1. The molecule has 4 aromatic rings. The third kappa shape index (κ3) is 5.15. The zero-order valence-corrected chi connectivity index (χ0v) is 21.6. The largest absolute Gasteiger partial charge is 0.502 e. The lowest BCUT2D eigenvalue weighted by molar-refractivity contribution is 0.340. The number of aromatic hydroxyl groups is 1. The number of methoxy groups -OCH3 is 2. The van der Waals surface area contributed by atoms with Crippen molar-refractivity contribution >= 4 is 23.8 Å². The van der Waals surface area contributed by atoms with Crippen molar-refractivity contribution in [3.8, 4) is 51.2 Å². The molecule has 0 atom stereocenters. The van der Waals surface area contributed by atoms with Crippen molar-refractivity contribution in [2.75, 3.05) is 52.2 Å². The number of anilines is 2. The molecule has 0 amide bonds. The van der Waals surface area contributed by atoms with Crippen LogP contribution in [0.2, 0.25) is 0 Å². The van der Waals surface area contributed by atoms with E-state index in [4.69, 9.17) is 14.5 Å². The lowest BCUT2D eigenvalue weighted by Crippen LogP contribution is -2.08. The summed E-state index contributed by atoms with van der Waals surface area (Å²) >= 11 is 0. The molecule has 0 spiro atoms. The van der Waals surface area contributed by atoms with Gasteiger partial charge in [-0.3, -0.25) is 0 Å². The summed E-state index contributed by atoms with van der Waals surface area (Å²) in [6.45, 7) is 0. The average molecular weight is 495 g/mol. The number of phenolic OH excluding ortho intramolecular Hbond substituents is 1. The normalized spacial score (nSPS) is 10.5. The van der Waals surface area contributed by atoms with Gasteiger partial charge in [0.05, 0.1) is 25.6 Å². The van der Waals surface area contributed by atoms with E-state index in [1.54, 1.807) is 12.1 Å². The van der Waals surface area contributed by atoms with Crippen LogP contribution in [-0.4, -0.2) is 57.5 Å². The lowest BCUT2D eigenvalue weighted by Gasteiger charge is -2.13. The van der Waals surface area contributed by atoms with Gasteiger partial charge in [0.2, 0.25) is 5.75 Å². The van der Waals surface area contributed by atoms with Crippen LogP contribution in [0.5, 0.6) is 17.2 Å². The number of aromatic nitrogens is 2. The highest BCUT2D eigenvalue weighted by molar-refractivity contribution is 5.85. The Balaban J connectivity index is 0.00000342. The van der Waals surface area contributed by atoms with E-state index in [2.05, 4.69) is 63.3 Å². The summed E-state index contributed by atoms with van der Waals surface area (Å²) in [4.78, 5) is 12.6. The molecule has 4 rings (SSSR count). The number of hydrogen-bond acceptors (Lipinski definition) is 6. The molecule has 0 aliphatic carbocycles. The summed E-state index contributed by atoms with van der Waals surface area (Å²) in [5, 5.41) is 10.3. The van der Waals surface area contributed by atoms with Gasteiger partial charge in [0.1, 0.15) is 5.82 Å². The van der Waals surface area contributed by atoms with Gasteiger partial charge in [0, 0.05) is 56.3 Å². The van der Waals surface area contributed by atoms with E-state index in [0.29, 0.717) is 17.3 Å². The smallest absolute Gasteiger partial charge is 0.200 e. The molecular weight excluding hydrogens is 464 g/mol. The molecule has 0 unspecified atom stereocenters. The summed E-state index contributed by atoms with van der Waals surface area (Å²) in [5.41, 5.74) is 6.74. The quantitative estimate of drug-likeness (QED) is 0.344. The fourth-order valence-electron chi connectivity index (χ4n) is 3.80. The third-order valence-electron chi connectivity index (χ3n) is 5.79.